The summed E-state index contributed by atoms with van der Waals surface area (Å²) in [5, 5.41) is 0. The van der Waals surface area contributed by atoms with E-state index in [0.717, 1.165) is 12.8 Å². The van der Waals surface area contributed by atoms with Crippen molar-refractivity contribution in [2.75, 3.05) is 0 Å². The minimum Gasteiger partial charge on any atom is -0.370 e. The molecule has 0 aromatic carbocycles. The summed E-state index contributed by atoms with van der Waals surface area (Å²) in [6, 6.07) is 0. The Kier molecular flexibility index (Phi) is 15.6. The molecule has 0 aliphatic heterocycles. The number of hydrogen-bond acceptors (Lipinski definition) is 3. The highest BCUT2D eigenvalue weighted by Crippen LogP contribution is 2.12. The molecule has 0 saturated carbocycles. The summed E-state index contributed by atoms with van der Waals surface area (Å²) in [6.07, 6.45) is 20.4. The Morgan fingerprint density at radius 2 is 1.30 bits per heavy atom. The van der Waals surface area contributed by atoms with Gasteiger partial charge in [-0.05, 0) is 12.8 Å². The summed E-state index contributed by atoms with van der Waals surface area (Å²) in [5.41, 5.74) is 0. The predicted octanol–water partition coefficient (Wildman–Crippen LogP) is 5.05. The highest BCUT2D eigenvalue weighted by Gasteiger charge is 1.93. The molecule has 0 fully saturated rings. The Morgan fingerprint density at radius 3 is 1.75 bits per heavy atom. The van der Waals surface area contributed by atoms with E-state index in [1.54, 1.807) is 0 Å². The van der Waals surface area contributed by atoms with Crippen LogP contribution in [-0.2, 0) is 9.63 Å². The van der Waals surface area contributed by atoms with Crippen molar-refractivity contribution in [2.24, 2.45) is 5.90 Å². The zero-order valence-corrected chi connectivity index (χ0v) is 13.2. The van der Waals surface area contributed by atoms with Crippen LogP contribution in [0, 0.1) is 0 Å². The van der Waals surface area contributed by atoms with E-state index in [4.69, 9.17) is 5.90 Å². The average molecular weight is 283 g/mol. The molecule has 0 radical (unpaired) electrons. The number of hydrogen-bond donors (Lipinski definition) is 1. The van der Waals surface area contributed by atoms with Gasteiger partial charge in [0, 0.05) is 6.08 Å². The molecule has 0 spiro atoms. The summed E-state index contributed by atoms with van der Waals surface area (Å²) in [5.74, 6) is 4.26. The van der Waals surface area contributed by atoms with Gasteiger partial charge in [0.25, 0.3) is 0 Å². The van der Waals surface area contributed by atoms with Gasteiger partial charge in [-0.15, -0.1) is 0 Å². The van der Waals surface area contributed by atoms with Gasteiger partial charge in [-0.3, -0.25) is 0 Å². The first-order chi connectivity index (χ1) is 9.81. The molecule has 0 atom stereocenters. The molecule has 20 heavy (non-hydrogen) atoms. The van der Waals surface area contributed by atoms with Gasteiger partial charge in [-0.2, -0.15) is 5.90 Å². The summed E-state index contributed by atoms with van der Waals surface area (Å²) < 4.78 is 0. The van der Waals surface area contributed by atoms with E-state index in [1.165, 1.54) is 76.7 Å². The lowest BCUT2D eigenvalue weighted by molar-refractivity contribution is -0.138. The number of carbonyl (C=O) groups excluding carboxylic acids is 1. The molecule has 0 rings (SSSR count). The lowest BCUT2D eigenvalue weighted by Gasteiger charge is -2.02. The molecule has 118 valence electrons. The first kappa shape index (κ1) is 19.2. The molecule has 0 aromatic rings. The first-order valence-electron chi connectivity index (χ1n) is 8.38. The molecule has 0 amide bonds. The largest absolute Gasteiger partial charge is 0.370 e. The maximum absolute atomic E-state index is 10.7. The van der Waals surface area contributed by atoms with Crippen molar-refractivity contribution in [3.05, 3.63) is 12.2 Å². The second-order valence-corrected chi connectivity index (χ2v) is 5.52. The fourth-order valence-corrected chi connectivity index (χ4v) is 2.32. The van der Waals surface area contributed by atoms with Gasteiger partial charge in [0.05, 0.1) is 0 Å². The van der Waals surface area contributed by atoms with E-state index in [2.05, 4.69) is 11.8 Å². The molecule has 0 aliphatic carbocycles. The molecular formula is C17H33NO2. The van der Waals surface area contributed by atoms with E-state index in [9.17, 15) is 4.79 Å². The molecule has 3 heteroatoms. The monoisotopic (exact) mass is 283 g/mol. The van der Waals surface area contributed by atoms with Crippen LogP contribution in [0.25, 0.3) is 0 Å². The molecule has 0 heterocycles. The SMILES string of the molecule is CCCCCCCCCCCCCC/C=C/C(=O)ON. The number of rotatable bonds is 14. The minimum absolute atomic E-state index is 0.469. The van der Waals surface area contributed by atoms with Gasteiger partial charge in [0.2, 0.25) is 0 Å². The Labute approximate surface area is 124 Å². The fourth-order valence-electron chi connectivity index (χ4n) is 2.32. The normalized spacial score (nSPS) is 11.1. The van der Waals surface area contributed by atoms with Crippen LogP contribution in [0.3, 0.4) is 0 Å². The summed E-state index contributed by atoms with van der Waals surface area (Å²) in [4.78, 5) is 14.7. The van der Waals surface area contributed by atoms with Crippen LogP contribution in [-0.4, -0.2) is 5.97 Å². The van der Waals surface area contributed by atoms with E-state index in [-0.39, 0.29) is 0 Å². The molecule has 0 saturated heterocycles. The second kappa shape index (κ2) is 16.2. The lowest BCUT2D eigenvalue weighted by atomic mass is 10.0. The van der Waals surface area contributed by atoms with E-state index >= 15 is 0 Å². The average Bonchev–Trinajstić information content (AvgIpc) is 2.47. The van der Waals surface area contributed by atoms with Gasteiger partial charge in [0.15, 0.2) is 0 Å². The Hall–Kier alpha value is -0.830. The van der Waals surface area contributed by atoms with Crippen molar-refractivity contribution in [2.45, 2.75) is 90.4 Å². The summed E-state index contributed by atoms with van der Waals surface area (Å²) >= 11 is 0. The smallest absolute Gasteiger partial charge is 0.348 e. The molecule has 3 nitrogen and oxygen atoms in total. The van der Waals surface area contributed by atoms with Crippen LogP contribution in [0.5, 0.6) is 0 Å². The highest BCUT2D eigenvalue weighted by molar-refractivity contribution is 5.81. The van der Waals surface area contributed by atoms with Gasteiger partial charge in [-0.25, -0.2) is 4.79 Å². The predicted molar refractivity (Wildman–Crippen MR) is 85.1 cm³/mol. The third kappa shape index (κ3) is 15.2. The minimum atomic E-state index is -0.469. The molecule has 0 aromatic heterocycles. The van der Waals surface area contributed by atoms with Crippen LogP contribution in [0.4, 0.5) is 0 Å². The summed E-state index contributed by atoms with van der Waals surface area (Å²) in [7, 11) is 0. The van der Waals surface area contributed by atoms with Crippen molar-refractivity contribution in [1.82, 2.24) is 0 Å². The van der Waals surface area contributed by atoms with E-state index in [0.29, 0.717) is 0 Å². The van der Waals surface area contributed by atoms with Gasteiger partial charge in [0.1, 0.15) is 0 Å². The van der Waals surface area contributed by atoms with Crippen molar-refractivity contribution < 1.29 is 9.63 Å². The molecule has 2 N–H and O–H groups in total. The van der Waals surface area contributed by atoms with Crippen LogP contribution in [0.1, 0.15) is 90.4 Å². The Balaban J connectivity index is 3.06. The number of allylic oxidation sites excluding steroid dienone is 1. The molecule has 0 unspecified atom stereocenters. The van der Waals surface area contributed by atoms with E-state index < -0.39 is 5.97 Å². The number of nitrogens with two attached hydrogens (primary N) is 1. The van der Waals surface area contributed by atoms with Crippen molar-refractivity contribution in [3.8, 4) is 0 Å². The lowest BCUT2D eigenvalue weighted by Crippen LogP contribution is -2.05. The van der Waals surface area contributed by atoms with Crippen LogP contribution in [0.15, 0.2) is 12.2 Å². The number of unbranched alkanes of at least 4 members (excludes halogenated alkanes) is 12. The van der Waals surface area contributed by atoms with Crippen molar-refractivity contribution in [3.63, 3.8) is 0 Å². The third-order valence-corrected chi connectivity index (χ3v) is 3.59. The van der Waals surface area contributed by atoms with Gasteiger partial charge < -0.3 is 4.84 Å². The Bertz CT molecular complexity index is 239. The topological polar surface area (TPSA) is 52.3 Å². The number of carbonyl (C=O) groups is 1. The molecular weight excluding hydrogens is 250 g/mol. The standard InChI is InChI=1S/C17H33NO2/c1-2-3-4-5-6-7-8-9-10-11-12-13-14-15-16-17(19)20-18/h15-16H,2-14,18H2,1H3/b16-15+. The maximum Gasteiger partial charge on any atom is 0.348 e. The fraction of sp³-hybridized carbons (Fsp3) is 0.824. The first-order valence-corrected chi connectivity index (χ1v) is 8.38. The highest BCUT2D eigenvalue weighted by atomic mass is 16.7. The second-order valence-electron chi connectivity index (χ2n) is 5.52. The van der Waals surface area contributed by atoms with Crippen LogP contribution >= 0.6 is 0 Å². The summed E-state index contributed by atoms with van der Waals surface area (Å²) in [6.45, 7) is 2.26. The molecule has 0 aliphatic rings. The third-order valence-electron chi connectivity index (χ3n) is 3.59. The van der Waals surface area contributed by atoms with Gasteiger partial charge in [-0.1, -0.05) is 83.6 Å². The zero-order chi connectivity index (χ0) is 14.9. The zero-order valence-electron chi connectivity index (χ0n) is 13.2. The Morgan fingerprint density at radius 1 is 0.850 bits per heavy atom. The van der Waals surface area contributed by atoms with Gasteiger partial charge >= 0.3 is 5.97 Å². The quantitative estimate of drug-likeness (QED) is 0.276. The maximum atomic E-state index is 10.7. The van der Waals surface area contributed by atoms with Crippen molar-refractivity contribution in [1.29, 1.82) is 0 Å². The van der Waals surface area contributed by atoms with Crippen molar-refractivity contribution >= 4 is 5.97 Å². The van der Waals surface area contributed by atoms with Crippen LogP contribution in [0.2, 0.25) is 0 Å². The molecule has 0 bridgehead atoms. The van der Waals surface area contributed by atoms with Crippen LogP contribution < -0.4 is 5.90 Å². The van der Waals surface area contributed by atoms with E-state index in [1.807, 2.05) is 6.08 Å².